The van der Waals surface area contributed by atoms with Gasteiger partial charge in [-0.1, -0.05) is 6.07 Å². The molecule has 0 radical (unpaired) electrons. The molecule has 0 aliphatic carbocycles. The number of methoxy groups -OCH3 is 1. The van der Waals surface area contributed by atoms with E-state index in [4.69, 9.17) is 9.47 Å². The van der Waals surface area contributed by atoms with Gasteiger partial charge in [-0.05, 0) is 37.5 Å². The van der Waals surface area contributed by atoms with Crippen LogP contribution >= 0.6 is 0 Å². The summed E-state index contributed by atoms with van der Waals surface area (Å²) < 4.78 is 10.4. The van der Waals surface area contributed by atoms with Crippen molar-refractivity contribution in [1.29, 1.82) is 0 Å². The zero-order valence-electron chi connectivity index (χ0n) is 12.7. The number of aliphatic carboxylic acids is 1. The summed E-state index contributed by atoms with van der Waals surface area (Å²) in [6.45, 7) is 1.34. The highest BCUT2D eigenvalue weighted by atomic mass is 16.5. The van der Waals surface area contributed by atoms with E-state index in [9.17, 15) is 14.7 Å². The van der Waals surface area contributed by atoms with E-state index >= 15 is 0 Å². The number of hydrogen-bond donors (Lipinski definition) is 1. The van der Waals surface area contributed by atoms with Gasteiger partial charge >= 0.3 is 5.97 Å². The van der Waals surface area contributed by atoms with Crippen LogP contribution in [0.4, 0.5) is 0 Å². The Kier molecular flexibility index (Phi) is 5.77. The molecule has 120 valence electrons. The maximum atomic E-state index is 12.6. The summed E-state index contributed by atoms with van der Waals surface area (Å²) in [7, 11) is 1.59. The lowest BCUT2D eigenvalue weighted by atomic mass is 10.0. The second-order valence-corrected chi connectivity index (χ2v) is 5.22. The molecule has 1 saturated heterocycles. The van der Waals surface area contributed by atoms with Gasteiger partial charge in [0, 0.05) is 19.2 Å². The first-order valence-corrected chi connectivity index (χ1v) is 7.39. The van der Waals surface area contributed by atoms with Gasteiger partial charge in [0.25, 0.3) is 5.91 Å². The highest BCUT2D eigenvalue weighted by Crippen LogP contribution is 2.22. The van der Waals surface area contributed by atoms with Crippen LogP contribution < -0.4 is 4.74 Å². The molecule has 0 spiro atoms. The number of hydrogen-bond acceptors (Lipinski definition) is 4. The van der Waals surface area contributed by atoms with Crippen molar-refractivity contribution in [3.63, 3.8) is 0 Å². The van der Waals surface area contributed by atoms with E-state index in [-0.39, 0.29) is 5.91 Å². The van der Waals surface area contributed by atoms with Gasteiger partial charge in [0.1, 0.15) is 18.4 Å². The van der Waals surface area contributed by atoms with Crippen LogP contribution in [0.15, 0.2) is 24.3 Å². The van der Waals surface area contributed by atoms with Crippen LogP contribution in [0.2, 0.25) is 0 Å². The normalized spacial score (nSPS) is 18.0. The van der Waals surface area contributed by atoms with Gasteiger partial charge < -0.3 is 19.5 Å². The van der Waals surface area contributed by atoms with Crippen molar-refractivity contribution in [2.24, 2.45) is 0 Å². The summed E-state index contributed by atoms with van der Waals surface area (Å²) >= 11 is 0. The van der Waals surface area contributed by atoms with Gasteiger partial charge in [0.05, 0.1) is 6.61 Å². The number of carbonyl (C=O) groups excluding carboxylic acids is 1. The Balaban J connectivity index is 2.10. The summed E-state index contributed by atoms with van der Waals surface area (Å²) in [6, 6.07) is 6.08. The van der Waals surface area contributed by atoms with Crippen LogP contribution in [0.3, 0.4) is 0 Å². The number of rotatable bonds is 6. The van der Waals surface area contributed by atoms with Gasteiger partial charge in [0.15, 0.2) is 0 Å². The predicted octanol–water partition coefficient (Wildman–Crippen LogP) is 1.79. The Labute approximate surface area is 129 Å². The summed E-state index contributed by atoms with van der Waals surface area (Å²) in [5, 5.41) is 9.27. The van der Waals surface area contributed by atoms with Gasteiger partial charge in [-0.2, -0.15) is 0 Å². The molecule has 2 rings (SSSR count). The SMILES string of the molecule is COCCOc1cccc(C(=O)N2CCCC[C@H]2C(=O)O)c1. The first-order valence-electron chi connectivity index (χ1n) is 7.39. The van der Waals surface area contributed by atoms with E-state index in [0.717, 1.165) is 12.8 Å². The van der Waals surface area contributed by atoms with E-state index in [1.54, 1.807) is 31.4 Å². The lowest BCUT2D eigenvalue weighted by Crippen LogP contribution is -2.47. The smallest absolute Gasteiger partial charge is 0.326 e. The van der Waals surface area contributed by atoms with E-state index in [2.05, 4.69) is 0 Å². The first-order chi connectivity index (χ1) is 10.6. The van der Waals surface area contributed by atoms with Crippen molar-refractivity contribution in [2.45, 2.75) is 25.3 Å². The Morgan fingerprint density at radius 2 is 2.14 bits per heavy atom. The minimum atomic E-state index is -0.944. The van der Waals surface area contributed by atoms with Crippen molar-refractivity contribution in [3.8, 4) is 5.75 Å². The van der Waals surface area contributed by atoms with Crippen LogP contribution in [0.25, 0.3) is 0 Å². The lowest BCUT2D eigenvalue weighted by molar-refractivity contribution is -0.143. The second kappa shape index (κ2) is 7.79. The van der Waals surface area contributed by atoms with E-state index in [0.29, 0.717) is 37.5 Å². The molecule has 1 N–H and O–H groups in total. The highest BCUT2D eigenvalue weighted by Gasteiger charge is 2.32. The van der Waals surface area contributed by atoms with Crippen LogP contribution in [0.5, 0.6) is 5.75 Å². The number of nitrogens with zero attached hydrogens (tertiary/aromatic N) is 1. The van der Waals surface area contributed by atoms with Crippen molar-refractivity contribution in [1.82, 2.24) is 4.90 Å². The molecule has 6 heteroatoms. The van der Waals surface area contributed by atoms with Crippen LogP contribution in [0, 0.1) is 0 Å². The van der Waals surface area contributed by atoms with Gasteiger partial charge in [-0.25, -0.2) is 4.79 Å². The standard InChI is InChI=1S/C16H21NO5/c1-21-9-10-22-13-6-4-5-12(11-13)15(18)17-8-3-2-7-14(17)16(19)20/h4-6,11,14H,2-3,7-10H2,1H3,(H,19,20)/t14-/m0/s1. The summed E-state index contributed by atoms with van der Waals surface area (Å²) in [5.41, 5.74) is 0.447. The Morgan fingerprint density at radius 1 is 1.32 bits per heavy atom. The molecule has 1 aromatic rings. The monoisotopic (exact) mass is 307 g/mol. The van der Waals surface area contributed by atoms with Crippen LogP contribution in [0.1, 0.15) is 29.6 Å². The van der Waals surface area contributed by atoms with E-state index in [1.165, 1.54) is 4.90 Å². The number of ether oxygens (including phenoxy) is 2. The van der Waals surface area contributed by atoms with E-state index in [1.807, 2.05) is 0 Å². The lowest BCUT2D eigenvalue weighted by Gasteiger charge is -2.33. The molecule has 0 saturated carbocycles. The molecule has 1 fully saturated rings. The molecule has 22 heavy (non-hydrogen) atoms. The Morgan fingerprint density at radius 3 is 2.86 bits per heavy atom. The van der Waals surface area contributed by atoms with Crippen LogP contribution in [-0.2, 0) is 9.53 Å². The number of benzene rings is 1. The maximum Gasteiger partial charge on any atom is 0.326 e. The highest BCUT2D eigenvalue weighted by molar-refractivity contribution is 5.97. The van der Waals surface area contributed by atoms with E-state index < -0.39 is 12.0 Å². The zero-order chi connectivity index (χ0) is 15.9. The molecule has 1 heterocycles. The third kappa shape index (κ3) is 3.98. The number of carboxylic acid groups (broad SMARTS) is 1. The number of amides is 1. The quantitative estimate of drug-likeness (QED) is 0.811. The topological polar surface area (TPSA) is 76.1 Å². The minimum absolute atomic E-state index is 0.260. The Bertz CT molecular complexity index is 531. The second-order valence-electron chi connectivity index (χ2n) is 5.22. The molecule has 0 unspecified atom stereocenters. The fourth-order valence-corrected chi connectivity index (χ4v) is 2.56. The summed E-state index contributed by atoms with van der Waals surface area (Å²) in [4.78, 5) is 25.3. The number of piperidine rings is 1. The minimum Gasteiger partial charge on any atom is -0.491 e. The molecular formula is C16H21NO5. The first kappa shape index (κ1) is 16.3. The fourth-order valence-electron chi connectivity index (χ4n) is 2.56. The number of carbonyl (C=O) groups is 2. The molecule has 1 amide bonds. The van der Waals surface area contributed by atoms with Crippen LogP contribution in [-0.4, -0.2) is 54.8 Å². The van der Waals surface area contributed by atoms with Gasteiger partial charge in [-0.15, -0.1) is 0 Å². The van der Waals surface area contributed by atoms with Crippen molar-refractivity contribution in [2.75, 3.05) is 26.9 Å². The fraction of sp³-hybridized carbons (Fsp3) is 0.500. The van der Waals surface area contributed by atoms with Gasteiger partial charge in [0.2, 0.25) is 0 Å². The molecular weight excluding hydrogens is 286 g/mol. The molecule has 1 aliphatic heterocycles. The van der Waals surface area contributed by atoms with Crippen molar-refractivity contribution >= 4 is 11.9 Å². The molecule has 1 aromatic carbocycles. The van der Waals surface area contributed by atoms with Crippen molar-refractivity contribution < 1.29 is 24.2 Å². The molecule has 0 aromatic heterocycles. The summed E-state index contributed by atoms with van der Waals surface area (Å²) in [6.07, 6.45) is 2.17. The Hall–Kier alpha value is -2.08. The molecule has 1 aliphatic rings. The third-order valence-electron chi connectivity index (χ3n) is 3.69. The molecule has 0 bridgehead atoms. The maximum absolute atomic E-state index is 12.6. The largest absolute Gasteiger partial charge is 0.491 e. The third-order valence-corrected chi connectivity index (χ3v) is 3.69. The van der Waals surface area contributed by atoms with Crippen molar-refractivity contribution in [3.05, 3.63) is 29.8 Å². The molecule has 1 atom stereocenters. The molecule has 6 nitrogen and oxygen atoms in total. The predicted molar refractivity (Wildman–Crippen MR) is 80.1 cm³/mol. The average Bonchev–Trinajstić information content (AvgIpc) is 2.54. The zero-order valence-corrected chi connectivity index (χ0v) is 12.7. The average molecular weight is 307 g/mol. The number of carboxylic acids is 1. The van der Waals surface area contributed by atoms with Gasteiger partial charge in [-0.3, -0.25) is 4.79 Å². The number of likely N-dealkylation sites (tertiary alicyclic amines) is 1. The summed E-state index contributed by atoms with van der Waals surface area (Å²) in [5.74, 6) is -0.628.